The second-order valence-corrected chi connectivity index (χ2v) is 6.09. The molecule has 1 aromatic rings. The summed E-state index contributed by atoms with van der Waals surface area (Å²) < 4.78 is 0. The Morgan fingerprint density at radius 3 is 2.85 bits per heavy atom. The molecule has 0 unspecified atom stereocenters. The van der Waals surface area contributed by atoms with Gasteiger partial charge in [0, 0.05) is 31.5 Å². The number of hydrogen-bond acceptors (Lipinski definition) is 3. The largest absolute Gasteiger partial charge is 0.316 e. The van der Waals surface area contributed by atoms with E-state index in [1.54, 1.807) is 0 Å². The molecule has 1 heterocycles. The number of hydrogen-bond donors (Lipinski definition) is 2. The Morgan fingerprint density at radius 2 is 2.20 bits per heavy atom. The van der Waals surface area contributed by atoms with Crippen molar-refractivity contribution >= 4 is 23.2 Å². The minimum atomic E-state index is 0.0297. The lowest BCUT2D eigenvalue weighted by molar-refractivity contribution is 0.299. The number of nitrogens with one attached hydrogen (secondary N) is 2. The van der Waals surface area contributed by atoms with Crippen LogP contribution in [0.3, 0.4) is 0 Å². The molecule has 0 saturated carbocycles. The molecule has 0 radical (unpaired) electrons. The first-order chi connectivity index (χ1) is 9.68. The first kappa shape index (κ1) is 15.6. The van der Waals surface area contributed by atoms with E-state index in [9.17, 15) is 0 Å². The van der Waals surface area contributed by atoms with Crippen LogP contribution in [0.15, 0.2) is 18.2 Å². The van der Waals surface area contributed by atoms with Gasteiger partial charge in [0.25, 0.3) is 0 Å². The van der Waals surface area contributed by atoms with E-state index in [0.717, 1.165) is 39.0 Å². The first-order valence-electron chi connectivity index (χ1n) is 6.92. The molecule has 1 saturated heterocycles. The third-order valence-electron chi connectivity index (χ3n) is 3.88. The van der Waals surface area contributed by atoms with Crippen LogP contribution in [0.5, 0.6) is 0 Å². The van der Waals surface area contributed by atoms with Crippen LogP contribution >= 0.6 is 23.2 Å². The fourth-order valence-corrected chi connectivity index (χ4v) is 3.06. The van der Waals surface area contributed by atoms with Gasteiger partial charge in [0.1, 0.15) is 0 Å². The van der Waals surface area contributed by atoms with Crippen molar-refractivity contribution in [3.63, 3.8) is 0 Å². The molecule has 1 aliphatic heterocycles. The van der Waals surface area contributed by atoms with Gasteiger partial charge in [-0.3, -0.25) is 0 Å². The van der Waals surface area contributed by atoms with Crippen molar-refractivity contribution < 1.29 is 0 Å². The highest BCUT2D eigenvalue weighted by Gasteiger charge is 2.33. The molecule has 1 fully saturated rings. The molecule has 1 aromatic carbocycles. The number of benzene rings is 1. The maximum Gasteiger partial charge on any atom is 0.0635 e. The molecule has 1 aliphatic rings. The van der Waals surface area contributed by atoms with Gasteiger partial charge in [-0.1, -0.05) is 29.3 Å². The molecule has 0 bridgehead atoms. The molecule has 5 heteroatoms. The molecular weight excluding hydrogens is 293 g/mol. The number of piperidine rings is 1. The van der Waals surface area contributed by atoms with Crippen LogP contribution in [-0.4, -0.2) is 26.2 Å². The number of halogens is 2. The fourth-order valence-electron chi connectivity index (χ4n) is 2.77. The SMILES string of the molecule is N#CCCNC[C@]1(c2ccc(Cl)c(Cl)c2)CCCNC1. The lowest BCUT2D eigenvalue weighted by Crippen LogP contribution is -2.49. The van der Waals surface area contributed by atoms with Crippen molar-refractivity contribution in [3.8, 4) is 6.07 Å². The summed E-state index contributed by atoms with van der Waals surface area (Å²) in [5.74, 6) is 0. The highest BCUT2D eigenvalue weighted by Crippen LogP contribution is 2.34. The van der Waals surface area contributed by atoms with E-state index < -0.39 is 0 Å². The molecular formula is C15H19Cl2N3. The van der Waals surface area contributed by atoms with Crippen molar-refractivity contribution in [2.75, 3.05) is 26.2 Å². The number of nitriles is 1. The van der Waals surface area contributed by atoms with E-state index >= 15 is 0 Å². The zero-order valence-electron chi connectivity index (χ0n) is 11.4. The van der Waals surface area contributed by atoms with Gasteiger partial charge in [-0.25, -0.2) is 0 Å². The van der Waals surface area contributed by atoms with Crippen molar-refractivity contribution in [3.05, 3.63) is 33.8 Å². The highest BCUT2D eigenvalue weighted by atomic mass is 35.5. The van der Waals surface area contributed by atoms with Crippen molar-refractivity contribution in [2.24, 2.45) is 0 Å². The molecule has 0 amide bonds. The van der Waals surface area contributed by atoms with Crippen LogP contribution in [0.1, 0.15) is 24.8 Å². The predicted molar refractivity (Wildman–Crippen MR) is 83.3 cm³/mol. The Kier molecular flexibility index (Phi) is 5.68. The quantitative estimate of drug-likeness (QED) is 0.821. The second-order valence-electron chi connectivity index (χ2n) is 5.27. The first-order valence-corrected chi connectivity index (χ1v) is 7.67. The van der Waals surface area contributed by atoms with E-state index in [0.29, 0.717) is 16.5 Å². The molecule has 1 atom stereocenters. The maximum absolute atomic E-state index is 8.62. The molecule has 2 rings (SSSR count). The summed E-state index contributed by atoms with van der Waals surface area (Å²) in [7, 11) is 0. The normalized spacial score (nSPS) is 22.4. The Bertz CT molecular complexity index is 490. The van der Waals surface area contributed by atoms with Gasteiger partial charge in [0.2, 0.25) is 0 Å². The molecule has 0 spiro atoms. The Hall–Kier alpha value is -0.790. The zero-order chi connectivity index (χ0) is 14.4. The van der Waals surface area contributed by atoms with Gasteiger partial charge < -0.3 is 10.6 Å². The fraction of sp³-hybridized carbons (Fsp3) is 0.533. The van der Waals surface area contributed by atoms with E-state index in [1.165, 1.54) is 5.56 Å². The minimum Gasteiger partial charge on any atom is -0.316 e. The van der Waals surface area contributed by atoms with E-state index in [1.807, 2.05) is 12.1 Å². The Morgan fingerprint density at radius 1 is 1.35 bits per heavy atom. The molecule has 20 heavy (non-hydrogen) atoms. The van der Waals surface area contributed by atoms with Gasteiger partial charge in [0.15, 0.2) is 0 Å². The third-order valence-corrected chi connectivity index (χ3v) is 4.62. The van der Waals surface area contributed by atoms with Crippen LogP contribution in [0.2, 0.25) is 10.0 Å². The van der Waals surface area contributed by atoms with E-state index in [2.05, 4.69) is 22.8 Å². The van der Waals surface area contributed by atoms with Crippen molar-refractivity contribution in [1.82, 2.24) is 10.6 Å². The summed E-state index contributed by atoms with van der Waals surface area (Å²) in [6.07, 6.45) is 2.78. The van der Waals surface area contributed by atoms with Crippen molar-refractivity contribution in [1.29, 1.82) is 5.26 Å². The number of rotatable bonds is 5. The monoisotopic (exact) mass is 311 g/mol. The standard InChI is InChI=1S/C15H19Cl2N3/c16-13-4-3-12(9-14(13)17)15(5-1-7-19-10-15)11-20-8-2-6-18/h3-4,9,19-20H,1-2,5,7-8,10-11H2/t15-/m0/s1. The molecule has 0 aromatic heterocycles. The number of nitrogens with zero attached hydrogens (tertiary/aromatic N) is 1. The van der Waals surface area contributed by atoms with Gasteiger partial charge >= 0.3 is 0 Å². The van der Waals surface area contributed by atoms with Crippen LogP contribution in [0, 0.1) is 11.3 Å². The minimum absolute atomic E-state index is 0.0297. The third kappa shape index (κ3) is 3.65. The summed E-state index contributed by atoms with van der Waals surface area (Å²) in [4.78, 5) is 0. The van der Waals surface area contributed by atoms with Gasteiger partial charge in [-0.2, -0.15) is 5.26 Å². The molecule has 0 aliphatic carbocycles. The van der Waals surface area contributed by atoms with E-state index in [4.69, 9.17) is 28.5 Å². The molecule has 108 valence electrons. The average Bonchev–Trinajstić information content (AvgIpc) is 2.47. The van der Waals surface area contributed by atoms with Crippen molar-refractivity contribution in [2.45, 2.75) is 24.7 Å². The Balaban J connectivity index is 2.17. The van der Waals surface area contributed by atoms with Gasteiger partial charge in [-0.15, -0.1) is 0 Å². The summed E-state index contributed by atoms with van der Waals surface area (Å²) in [6, 6.07) is 8.06. The van der Waals surface area contributed by atoms with Gasteiger partial charge in [0.05, 0.1) is 16.1 Å². The summed E-state index contributed by atoms with van der Waals surface area (Å²) in [5.41, 5.74) is 1.24. The van der Waals surface area contributed by atoms with Gasteiger partial charge in [-0.05, 0) is 37.1 Å². The van der Waals surface area contributed by atoms with Crippen LogP contribution in [0.4, 0.5) is 0 Å². The van der Waals surface area contributed by atoms with E-state index in [-0.39, 0.29) is 5.41 Å². The topological polar surface area (TPSA) is 47.9 Å². The predicted octanol–water partition coefficient (Wildman–Crippen LogP) is 3.12. The smallest absolute Gasteiger partial charge is 0.0635 e. The zero-order valence-corrected chi connectivity index (χ0v) is 12.9. The van der Waals surface area contributed by atoms with Crippen LogP contribution in [-0.2, 0) is 5.41 Å². The lowest BCUT2D eigenvalue weighted by atomic mass is 9.74. The second kappa shape index (κ2) is 7.28. The highest BCUT2D eigenvalue weighted by molar-refractivity contribution is 6.42. The summed E-state index contributed by atoms with van der Waals surface area (Å²) in [6.45, 7) is 3.55. The average molecular weight is 312 g/mol. The van der Waals surface area contributed by atoms with Crippen LogP contribution < -0.4 is 10.6 Å². The summed E-state index contributed by atoms with van der Waals surface area (Å²) in [5, 5.41) is 16.7. The Labute approximate surface area is 130 Å². The lowest BCUT2D eigenvalue weighted by Gasteiger charge is -2.38. The maximum atomic E-state index is 8.62. The molecule has 2 N–H and O–H groups in total. The summed E-state index contributed by atoms with van der Waals surface area (Å²) >= 11 is 12.2. The molecule has 3 nitrogen and oxygen atoms in total. The van der Waals surface area contributed by atoms with Crippen LogP contribution in [0.25, 0.3) is 0 Å².